The summed E-state index contributed by atoms with van der Waals surface area (Å²) in [5.74, 6) is 2.84. The van der Waals surface area contributed by atoms with Crippen molar-refractivity contribution in [3.8, 4) is 0 Å². The lowest BCUT2D eigenvalue weighted by atomic mass is 9.95. The number of hydrogen-bond donors (Lipinski definition) is 1. The Labute approximate surface area is 124 Å². The van der Waals surface area contributed by atoms with Gasteiger partial charge in [0.1, 0.15) is 17.5 Å². The maximum absolute atomic E-state index is 4.80. The molecule has 4 nitrogen and oxygen atoms in total. The van der Waals surface area contributed by atoms with Crippen LogP contribution >= 0.6 is 0 Å². The van der Waals surface area contributed by atoms with Crippen molar-refractivity contribution in [3.05, 3.63) is 11.9 Å². The molecule has 1 N–H and O–H groups in total. The van der Waals surface area contributed by atoms with Crippen LogP contribution in [-0.4, -0.2) is 29.1 Å². The van der Waals surface area contributed by atoms with Crippen LogP contribution in [0.3, 0.4) is 0 Å². The second kappa shape index (κ2) is 6.91. The first kappa shape index (κ1) is 16.7. The summed E-state index contributed by atoms with van der Waals surface area (Å²) in [6.07, 6.45) is 1.11. The van der Waals surface area contributed by atoms with Crippen molar-refractivity contribution in [2.24, 2.45) is 0 Å². The summed E-state index contributed by atoms with van der Waals surface area (Å²) in [6, 6.07) is 2.50. The van der Waals surface area contributed by atoms with E-state index in [1.165, 1.54) is 0 Å². The van der Waals surface area contributed by atoms with Crippen molar-refractivity contribution in [1.82, 2.24) is 9.97 Å². The lowest BCUT2D eigenvalue weighted by molar-refractivity contribution is 0.542. The van der Waals surface area contributed by atoms with Gasteiger partial charge in [0.05, 0.1) is 0 Å². The van der Waals surface area contributed by atoms with E-state index >= 15 is 0 Å². The Balaban J connectivity index is 3.26. The summed E-state index contributed by atoms with van der Waals surface area (Å²) < 4.78 is 0. The minimum atomic E-state index is -0.0466. The first-order chi connectivity index (χ1) is 9.29. The Morgan fingerprint density at radius 2 is 1.85 bits per heavy atom. The van der Waals surface area contributed by atoms with Crippen LogP contribution in [0.5, 0.6) is 0 Å². The summed E-state index contributed by atoms with van der Waals surface area (Å²) >= 11 is 0. The van der Waals surface area contributed by atoms with Crippen LogP contribution in [0, 0.1) is 0 Å². The molecule has 20 heavy (non-hydrogen) atoms. The van der Waals surface area contributed by atoms with Crippen LogP contribution in [0.4, 0.5) is 11.6 Å². The molecule has 0 radical (unpaired) electrons. The Hall–Kier alpha value is -1.32. The Kier molecular flexibility index (Phi) is 5.78. The van der Waals surface area contributed by atoms with Crippen LogP contribution in [0.1, 0.15) is 60.7 Å². The van der Waals surface area contributed by atoms with E-state index in [-0.39, 0.29) is 5.41 Å². The highest BCUT2D eigenvalue weighted by Gasteiger charge is 2.21. The van der Waals surface area contributed by atoms with Crippen molar-refractivity contribution in [2.75, 3.05) is 23.3 Å². The molecule has 0 spiro atoms. The standard InChI is InChI=1S/C16H30N4/c1-8-10-20(12(3)4)14-11-13(17-9-2)18-15(19-14)16(5,6)7/h11-12H,8-10H2,1-7H3,(H,17,18,19). The van der Waals surface area contributed by atoms with Gasteiger partial charge in [0.2, 0.25) is 0 Å². The molecule has 0 unspecified atom stereocenters. The largest absolute Gasteiger partial charge is 0.370 e. The molecule has 0 bridgehead atoms. The zero-order valence-electron chi connectivity index (χ0n) is 14.1. The van der Waals surface area contributed by atoms with Crippen molar-refractivity contribution >= 4 is 11.6 Å². The number of nitrogens with one attached hydrogen (secondary N) is 1. The minimum Gasteiger partial charge on any atom is -0.370 e. The third kappa shape index (κ3) is 4.36. The number of anilines is 2. The van der Waals surface area contributed by atoms with Gasteiger partial charge in [0.15, 0.2) is 0 Å². The highest BCUT2D eigenvalue weighted by molar-refractivity contribution is 5.50. The minimum absolute atomic E-state index is 0.0466. The molecule has 1 aromatic rings. The van der Waals surface area contributed by atoms with E-state index in [1.54, 1.807) is 0 Å². The van der Waals surface area contributed by atoms with Gasteiger partial charge in [0.25, 0.3) is 0 Å². The van der Waals surface area contributed by atoms with Crippen molar-refractivity contribution in [2.45, 2.75) is 66.3 Å². The molecule has 1 rings (SSSR count). The zero-order chi connectivity index (χ0) is 15.3. The highest BCUT2D eigenvalue weighted by atomic mass is 15.2. The Morgan fingerprint density at radius 1 is 1.20 bits per heavy atom. The van der Waals surface area contributed by atoms with E-state index in [2.05, 4.69) is 69.7 Å². The van der Waals surface area contributed by atoms with Gasteiger partial charge >= 0.3 is 0 Å². The zero-order valence-corrected chi connectivity index (χ0v) is 14.1. The molecule has 0 fully saturated rings. The fraction of sp³-hybridized carbons (Fsp3) is 0.750. The average Bonchev–Trinajstić information content (AvgIpc) is 2.34. The maximum atomic E-state index is 4.80. The van der Waals surface area contributed by atoms with Crippen molar-refractivity contribution < 1.29 is 0 Å². The van der Waals surface area contributed by atoms with Crippen LogP contribution in [0.15, 0.2) is 6.07 Å². The number of hydrogen-bond acceptors (Lipinski definition) is 4. The monoisotopic (exact) mass is 278 g/mol. The van der Waals surface area contributed by atoms with Gasteiger partial charge < -0.3 is 10.2 Å². The second-order valence-electron chi connectivity index (χ2n) is 6.50. The van der Waals surface area contributed by atoms with Crippen molar-refractivity contribution in [1.29, 1.82) is 0 Å². The molecule has 0 aromatic carbocycles. The van der Waals surface area contributed by atoms with E-state index < -0.39 is 0 Å². The van der Waals surface area contributed by atoms with E-state index in [1.807, 2.05) is 0 Å². The number of nitrogens with zero attached hydrogens (tertiary/aromatic N) is 3. The molecular weight excluding hydrogens is 248 g/mol. The van der Waals surface area contributed by atoms with Crippen LogP contribution in [-0.2, 0) is 5.41 Å². The lowest BCUT2D eigenvalue weighted by Gasteiger charge is -2.29. The second-order valence-corrected chi connectivity index (χ2v) is 6.50. The molecular formula is C16H30N4. The predicted molar refractivity (Wildman–Crippen MR) is 87.7 cm³/mol. The van der Waals surface area contributed by atoms with Gasteiger partial charge in [-0.3, -0.25) is 0 Å². The Morgan fingerprint density at radius 3 is 2.30 bits per heavy atom. The topological polar surface area (TPSA) is 41.0 Å². The van der Waals surface area contributed by atoms with Crippen LogP contribution in [0.2, 0.25) is 0 Å². The van der Waals surface area contributed by atoms with Gasteiger partial charge in [-0.1, -0.05) is 27.7 Å². The van der Waals surface area contributed by atoms with E-state index in [0.29, 0.717) is 6.04 Å². The van der Waals surface area contributed by atoms with Crippen LogP contribution < -0.4 is 10.2 Å². The SMILES string of the molecule is CCCN(c1cc(NCC)nc(C(C)(C)C)n1)C(C)C. The predicted octanol–water partition coefficient (Wildman–Crippen LogP) is 3.83. The molecule has 0 amide bonds. The normalized spacial score (nSPS) is 11.8. The quantitative estimate of drug-likeness (QED) is 0.858. The summed E-state index contributed by atoms with van der Waals surface area (Å²) in [7, 11) is 0. The average molecular weight is 278 g/mol. The molecule has 0 saturated carbocycles. The molecule has 0 atom stereocenters. The highest BCUT2D eigenvalue weighted by Crippen LogP contribution is 2.25. The molecule has 114 valence electrons. The molecule has 4 heteroatoms. The summed E-state index contributed by atoms with van der Waals surface area (Å²) in [5.41, 5.74) is -0.0466. The molecule has 1 aromatic heterocycles. The number of rotatable bonds is 6. The first-order valence-corrected chi connectivity index (χ1v) is 7.69. The van der Waals surface area contributed by atoms with E-state index in [9.17, 15) is 0 Å². The number of aromatic nitrogens is 2. The van der Waals surface area contributed by atoms with Gasteiger partial charge in [0, 0.05) is 30.6 Å². The van der Waals surface area contributed by atoms with Gasteiger partial charge in [-0.05, 0) is 27.2 Å². The van der Waals surface area contributed by atoms with E-state index in [4.69, 9.17) is 4.98 Å². The summed E-state index contributed by atoms with van der Waals surface area (Å²) in [6.45, 7) is 17.1. The lowest BCUT2D eigenvalue weighted by Crippen LogP contribution is -2.33. The fourth-order valence-electron chi connectivity index (χ4n) is 2.07. The molecule has 0 aliphatic heterocycles. The summed E-state index contributed by atoms with van der Waals surface area (Å²) in [4.78, 5) is 11.8. The Bertz CT molecular complexity index is 421. The molecule has 1 heterocycles. The molecule has 0 aliphatic carbocycles. The maximum Gasteiger partial charge on any atom is 0.138 e. The fourth-order valence-corrected chi connectivity index (χ4v) is 2.07. The van der Waals surface area contributed by atoms with Gasteiger partial charge in [-0.25, -0.2) is 9.97 Å². The third-order valence-electron chi connectivity index (χ3n) is 3.12. The van der Waals surface area contributed by atoms with Crippen LogP contribution in [0.25, 0.3) is 0 Å². The first-order valence-electron chi connectivity index (χ1n) is 7.69. The van der Waals surface area contributed by atoms with Gasteiger partial charge in [-0.15, -0.1) is 0 Å². The smallest absolute Gasteiger partial charge is 0.138 e. The third-order valence-corrected chi connectivity index (χ3v) is 3.12. The van der Waals surface area contributed by atoms with E-state index in [0.717, 1.165) is 37.0 Å². The van der Waals surface area contributed by atoms with Gasteiger partial charge in [-0.2, -0.15) is 0 Å². The molecule has 0 aliphatic rings. The molecule has 0 saturated heterocycles. The summed E-state index contributed by atoms with van der Waals surface area (Å²) in [5, 5.41) is 3.32. The van der Waals surface area contributed by atoms with Crippen molar-refractivity contribution in [3.63, 3.8) is 0 Å².